The zero-order valence-corrected chi connectivity index (χ0v) is 20.2. The molecule has 4 aromatic rings. The molecule has 1 saturated heterocycles. The molecule has 0 saturated carbocycles. The van der Waals surface area contributed by atoms with E-state index in [0.717, 1.165) is 12.6 Å². The van der Waals surface area contributed by atoms with Crippen LogP contribution in [-0.2, 0) is 12.7 Å². The van der Waals surface area contributed by atoms with Gasteiger partial charge in [-0.1, -0.05) is 28.9 Å². The molecule has 1 aliphatic heterocycles. The molecule has 1 aliphatic rings. The summed E-state index contributed by atoms with van der Waals surface area (Å²) in [7, 11) is 0. The van der Waals surface area contributed by atoms with Crippen molar-refractivity contribution < 1.29 is 27.6 Å². The van der Waals surface area contributed by atoms with Gasteiger partial charge in [-0.15, -0.1) is 0 Å². The Labute approximate surface area is 213 Å². The monoisotopic (exact) mass is 532 g/mol. The highest BCUT2D eigenvalue weighted by atomic mass is 35.5. The summed E-state index contributed by atoms with van der Waals surface area (Å²) in [5.41, 5.74) is -0.496. The Hall–Kier alpha value is -3.77. The number of rotatable bonds is 6. The van der Waals surface area contributed by atoms with Gasteiger partial charge in [-0.05, 0) is 25.5 Å². The highest BCUT2D eigenvalue weighted by molar-refractivity contribution is 6.36. The summed E-state index contributed by atoms with van der Waals surface area (Å²) in [5, 5.41) is 17.7. The molecular formula is C24H20ClF3N6O3. The third kappa shape index (κ3) is 4.58. The number of alkyl halides is 3. The van der Waals surface area contributed by atoms with E-state index in [1.165, 1.54) is 25.5 Å². The number of likely N-dealkylation sites (tertiary alicyclic amines) is 1. The maximum atomic E-state index is 14.2. The van der Waals surface area contributed by atoms with E-state index in [4.69, 9.17) is 16.1 Å². The number of hydrogen-bond donors (Lipinski definition) is 1. The second-order valence-corrected chi connectivity index (χ2v) is 8.96. The third-order valence-electron chi connectivity index (χ3n) is 5.95. The van der Waals surface area contributed by atoms with Crippen molar-refractivity contribution in [1.29, 1.82) is 0 Å². The SMILES string of the molecule is CC(O)Cn1ncc(-c2onc(-c3cccc(C(=O)N4CCC4)c3Cl)c2-c2ccncn2)c1C(F)(F)F. The smallest absolute Gasteiger partial charge is 0.391 e. The predicted octanol–water partition coefficient (Wildman–Crippen LogP) is 4.56. The first-order valence-electron chi connectivity index (χ1n) is 11.3. The first-order chi connectivity index (χ1) is 17.7. The van der Waals surface area contributed by atoms with Crippen LogP contribution < -0.4 is 0 Å². The molecule has 0 aliphatic carbocycles. The number of amides is 1. The van der Waals surface area contributed by atoms with Gasteiger partial charge in [0, 0.05) is 24.8 Å². The molecular weight excluding hydrogens is 513 g/mol. The van der Waals surface area contributed by atoms with Crippen LogP contribution in [0.5, 0.6) is 0 Å². The molecule has 1 atom stereocenters. The van der Waals surface area contributed by atoms with Crippen molar-refractivity contribution in [2.45, 2.75) is 32.2 Å². The van der Waals surface area contributed by atoms with Crippen molar-refractivity contribution in [3.8, 4) is 33.8 Å². The number of aliphatic hydroxyl groups is 1. The number of nitrogens with zero attached hydrogens (tertiary/aromatic N) is 6. The molecule has 4 heterocycles. The lowest BCUT2D eigenvalue weighted by atomic mass is 9.98. The Morgan fingerprint density at radius 2 is 2.03 bits per heavy atom. The minimum Gasteiger partial charge on any atom is -0.391 e. The first kappa shape index (κ1) is 24.9. The van der Waals surface area contributed by atoms with Gasteiger partial charge in [0.1, 0.15) is 12.0 Å². The van der Waals surface area contributed by atoms with Crippen molar-refractivity contribution >= 4 is 17.5 Å². The normalized spacial score (nSPS) is 14.5. The van der Waals surface area contributed by atoms with Crippen molar-refractivity contribution in [2.75, 3.05) is 13.1 Å². The van der Waals surface area contributed by atoms with Crippen molar-refractivity contribution in [3.63, 3.8) is 0 Å². The average Bonchev–Trinajstić information content (AvgIpc) is 3.42. The third-order valence-corrected chi connectivity index (χ3v) is 6.35. The van der Waals surface area contributed by atoms with E-state index >= 15 is 0 Å². The maximum absolute atomic E-state index is 14.2. The van der Waals surface area contributed by atoms with Gasteiger partial charge in [-0.3, -0.25) is 9.48 Å². The zero-order chi connectivity index (χ0) is 26.3. The fourth-order valence-electron chi connectivity index (χ4n) is 4.14. The molecule has 0 spiro atoms. The summed E-state index contributed by atoms with van der Waals surface area (Å²) in [6.07, 6.45) is -1.33. The summed E-state index contributed by atoms with van der Waals surface area (Å²) in [5.74, 6) is -0.488. The minimum atomic E-state index is -4.82. The lowest BCUT2D eigenvalue weighted by Crippen LogP contribution is -2.42. The molecule has 13 heteroatoms. The highest BCUT2D eigenvalue weighted by Crippen LogP contribution is 2.45. The van der Waals surface area contributed by atoms with Crippen LogP contribution in [0.3, 0.4) is 0 Å². The molecule has 1 amide bonds. The number of aliphatic hydroxyl groups excluding tert-OH is 1. The molecule has 0 radical (unpaired) electrons. The van der Waals surface area contributed by atoms with E-state index in [2.05, 4.69) is 20.2 Å². The summed E-state index contributed by atoms with van der Waals surface area (Å²) in [4.78, 5) is 22.6. The first-order valence-corrected chi connectivity index (χ1v) is 11.7. The van der Waals surface area contributed by atoms with Gasteiger partial charge in [0.05, 0.1) is 46.3 Å². The molecule has 9 nitrogen and oxygen atoms in total. The molecule has 1 fully saturated rings. The Morgan fingerprint density at radius 3 is 2.65 bits per heavy atom. The minimum absolute atomic E-state index is 0.0930. The van der Waals surface area contributed by atoms with E-state index in [1.54, 1.807) is 23.1 Å². The molecule has 1 aromatic carbocycles. The molecule has 37 heavy (non-hydrogen) atoms. The number of halogens is 4. The van der Waals surface area contributed by atoms with E-state index in [9.17, 15) is 23.1 Å². The van der Waals surface area contributed by atoms with Gasteiger partial charge in [-0.25, -0.2) is 9.97 Å². The van der Waals surface area contributed by atoms with Crippen LogP contribution in [0.15, 0.2) is 47.5 Å². The molecule has 1 unspecified atom stereocenters. The summed E-state index contributed by atoms with van der Waals surface area (Å²) < 4.78 is 48.7. The van der Waals surface area contributed by atoms with Gasteiger partial charge in [0.2, 0.25) is 0 Å². The van der Waals surface area contributed by atoms with Crippen LogP contribution in [0.2, 0.25) is 5.02 Å². The van der Waals surface area contributed by atoms with Gasteiger partial charge in [0.25, 0.3) is 5.91 Å². The summed E-state index contributed by atoms with van der Waals surface area (Å²) >= 11 is 6.66. The van der Waals surface area contributed by atoms with Gasteiger partial charge >= 0.3 is 6.18 Å². The van der Waals surface area contributed by atoms with Crippen LogP contribution >= 0.6 is 11.6 Å². The number of carbonyl (C=O) groups excluding carboxylic acids is 1. The van der Waals surface area contributed by atoms with Crippen LogP contribution in [-0.4, -0.2) is 60.0 Å². The number of aromatic nitrogens is 5. The average molecular weight is 533 g/mol. The maximum Gasteiger partial charge on any atom is 0.433 e. The Balaban J connectivity index is 1.72. The fraction of sp³-hybridized carbons (Fsp3) is 0.292. The Morgan fingerprint density at radius 1 is 1.24 bits per heavy atom. The van der Waals surface area contributed by atoms with Crippen LogP contribution in [0.4, 0.5) is 13.2 Å². The molecule has 192 valence electrons. The van der Waals surface area contributed by atoms with Gasteiger partial charge in [-0.2, -0.15) is 18.3 Å². The largest absolute Gasteiger partial charge is 0.433 e. The summed E-state index contributed by atoms with van der Waals surface area (Å²) in [6, 6.07) is 6.30. The standard InChI is InChI=1S/C24H20ClF3N6O3/c1-13(35)11-34-22(24(26,27)28)16(10-31-34)21-18(17-6-7-29-12-30-17)20(32-37-21)14-4-2-5-15(19(14)25)23(36)33-8-3-9-33/h2,4-7,10,12-13,35H,3,8-9,11H2,1H3. The molecule has 5 rings (SSSR count). The van der Waals surface area contributed by atoms with Crippen molar-refractivity contribution in [1.82, 2.24) is 29.8 Å². The van der Waals surface area contributed by atoms with E-state index in [-0.39, 0.29) is 51.3 Å². The molecule has 0 bridgehead atoms. The number of hydrogen-bond acceptors (Lipinski definition) is 7. The van der Waals surface area contributed by atoms with Crippen LogP contribution in [0.25, 0.3) is 33.8 Å². The molecule has 3 aromatic heterocycles. The van der Waals surface area contributed by atoms with Gasteiger partial charge in [0.15, 0.2) is 11.5 Å². The second-order valence-electron chi connectivity index (χ2n) is 8.58. The van der Waals surface area contributed by atoms with E-state index < -0.39 is 18.0 Å². The van der Waals surface area contributed by atoms with Crippen molar-refractivity contribution in [2.24, 2.45) is 0 Å². The Bertz CT molecular complexity index is 1450. The van der Waals surface area contributed by atoms with E-state index in [1.807, 2.05) is 0 Å². The molecule has 1 N–H and O–H groups in total. The predicted molar refractivity (Wildman–Crippen MR) is 126 cm³/mol. The van der Waals surface area contributed by atoms with Crippen molar-refractivity contribution in [3.05, 3.63) is 59.3 Å². The number of carbonyl (C=O) groups is 1. The number of benzene rings is 1. The summed E-state index contributed by atoms with van der Waals surface area (Å²) in [6.45, 7) is 2.22. The fourth-order valence-corrected chi connectivity index (χ4v) is 4.44. The van der Waals surface area contributed by atoms with Crippen LogP contribution in [0, 0.1) is 0 Å². The lowest BCUT2D eigenvalue weighted by molar-refractivity contribution is -0.144. The Kier molecular flexibility index (Phi) is 6.46. The zero-order valence-electron chi connectivity index (χ0n) is 19.4. The van der Waals surface area contributed by atoms with E-state index in [0.29, 0.717) is 23.3 Å². The quantitative estimate of drug-likeness (QED) is 0.387. The van der Waals surface area contributed by atoms with Gasteiger partial charge < -0.3 is 14.5 Å². The topological polar surface area (TPSA) is 110 Å². The second kappa shape index (κ2) is 9.60. The lowest BCUT2D eigenvalue weighted by Gasteiger charge is -2.31. The highest BCUT2D eigenvalue weighted by Gasteiger charge is 2.41. The van der Waals surface area contributed by atoms with Crippen LogP contribution in [0.1, 0.15) is 29.4 Å².